The van der Waals surface area contributed by atoms with Crippen molar-refractivity contribution < 1.29 is 4.74 Å². The van der Waals surface area contributed by atoms with Crippen LogP contribution in [0.4, 0.5) is 0 Å². The Morgan fingerprint density at radius 1 is 1.56 bits per heavy atom. The van der Waals surface area contributed by atoms with Gasteiger partial charge in [0.1, 0.15) is 5.82 Å². The first kappa shape index (κ1) is 13.6. The van der Waals surface area contributed by atoms with Gasteiger partial charge in [0.05, 0.1) is 6.61 Å². The molecule has 1 N–H and O–H groups in total. The van der Waals surface area contributed by atoms with E-state index >= 15 is 0 Å². The van der Waals surface area contributed by atoms with Crippen molar-refractivity contribution >= 4 is 0 Å². The molecular weight excluding hydrogens is 226 g/mol. The monoisotopic (exact) mass is 251 g/mol. The zero-order valence-corrected chi connectivity index (χ0v) is 11.6. The van der Waals surface area contributed by atoms with Gasteiger partial charge < -0.3 is 14.6 Å². The maximum atomic E-state index is 5.72. The molecule has 1 atom stereocenters. The second-order valence-electron chi connectivity index (χ2n) is 5.39. The molecule has 0 aromatic carbocycles. The molecule has 1 aromatic rings. The van der Waals surface area contributed by atoms with Crippen LogP contribution in [-0.2, 0) is 18.2 Å². The summed E-state index contributed by atoms with van der Waals surface area (Å²) in [6.45, 7) is 6.08. The first-order valence-corrected chi connectivity index (χ1v) is 7.00. The quantitative estimate of drug-likeness (QED) is 0.837. The summed E-state index contributed by atoms with van der Waals surface area (Å²) in [5, 5.41) is 3.50. The van der Waals surface area contributed by atoms with Crippen LogP contribution in [0.15, 0.2) is 12.4 Å². The molecular formula is C14H25N3O. The van der Waals surface area contributed by atoms with Gasteiger partial charge in [-0.05, 0) is 25.8 Å². The summed E-state index contributed by atoms with van der Waals surface area (Å²) in [4.78, 5) is 4.41. The third-order valence-corrected chi connectivity index (χ3v) is 3.95. The maximum Gasteiger partial charge on any atom is 0.108 e. The van der Waals surface area contributed by atoms with Crippen molar-refractivity contribution in [2.45, 2.75) is 32.6 Å². The smallest absolute Gasteiger partial charge is 0.108 e. The Bertz CT molecular complexity index is 356. The van der Waals surface area contributed by atoms with Crippen LogP contribution in [0, 0.1) is 5.41 Å². The predicted octanol–water partition coefficient (Wildman–Crippen LogP) is 1.76. The molecule has 0 aliphatic carbocycles. The van der Waals surface area contributed by atoms with Crippen LogP contribution in [0.1, 0.15) is 32.0 Å². The summed E-state index contributed by atoms with van der Waals surface area (Å²) in [6, 6.07) is 0. The lowest BCUT2D eigenvalue weighted by Crippen LogP contribution is -2.41. The van der Waals surface area contributed by atoms with E-state index in [0.717, 1.165) is 39.1 Å². The van der Waals surface area contributed by atoms with Crippen LogP contribution in [0.5, 0.6) is 0 Å². The number of aromatic nitrogens is 2. The van der Waals surface area contributed by atoms with Crippen LogP contribution in [0.25, 0.3) is 0 Å². The van der Waals surface area contributed by atoms with Gasteiger partial charge in [-0.1, -0.05) is 6.92 Å². The highest BCUT2D eigenvalue weighted by Crippen LogP contribution is 2.32. The molecule has 1 aromatic heterocycles. The van der Waals surface area contributed by atoms with Crippen molar-refractivity contribution in [3.63, 3.8) is 0 Å². The van der Waals surface area contributed by atoms with E-state index < -0.39 is 0 Å². The van der Waals surface area contributed by atoms with E-state index in [1.165, 1.54) is 18.7 Å². The Balaban J connectivity index is 1.94. The summed E-state index contributed by atoms with van der Waals surface area (Å²) >= 11 is 0. The average molecular weight is 251 g/mol. The lowest BCUT2D eigenvalue weighted by atomic mass is 9.78. The minimum absolute atomic E-state index is 0.306. The van der Waals surface area contributed by atoms with Gasteiger partial charge in [0.25, 0.3) is 0 Å². The van der Waals surface area contributed by atoms with Crippen molar-refractivity contribution in [1.29, 1.82) is 0 Å². The highest BCUT2D eigenvalue weighted by Gasteiger charge is 2.32. The lowest BCUT2D eigenvalue weighted by Gasteiger charge is -2.37. The van der Waals surface area contributed by atoms with E-state index in [4.69, 9.17) is 4.74 Å². The zero-order valence-electron chi connectivity index (χ0n) is 11.6. The number of hydrogen-bond acceptors (Lipinski definition) is 3. The number of nitrogens with one attached hydrogen (secondary N) is 1. The zero-order chi connectivity index (χ0) is 12.8. The largest absolute Gasteiger partial charge is 0.381 e. The minimum Gasteiger partial charge on any atom is -0.381 e. The van der Waals surface area contributed by atoms with Crippen molar-refractivity contribution in [3.8, 4) is 0 Å². The van der Waals surface area contributed by atoms with Crippen molar-refractivity contribution in [2.24, 2.45) is 12.5 Å². The van der Waals surface area contributed by atoms with E-state index in [2.05, 4.69) is 28.8 Å². The SMILES string of the molecule is CCNCC1(CCc2nccn2C)CCCOC1. The molecule has 4 nitrogen and oxygen atoms in total. The molecule has 0 spiro atoms. The van der Waals surface area contributed by atoms with Crippen molar-refractivity contribution in [3.05, 3.63) is 18.2 Å². The Hall–Kier alpha value is -0.870. The molecule has 0 saturated carbocycles. The number of hydrogen-bond donors (Lipinski definition) is 1. The highest BCUT2D eigenvalue weighted by atomic mass is 16.5. The van der Waals surface area contributed by atoms with Gasteiger partial charge in [-0.25, -0.2) is 4.98 Å². The standard InChI is InChI=1S/C14H25N3O/c1-3-15-11-14(6-4-10-18-12-14)7-5-13-16-8-9-17(13)2/h8-9,15H,3-7,10-12H2,1-2H3. The molecule has 0 bridgehead atoms. The summed E-state index contributed by atoms with van der Waals surface area (Å²) in [7, 11) is 2.07. The molecule has 1 fully saturated rings. The number of aryl methyl sites for hydroxylation is 2. The number of rotatable bonds is 6. The first-order valence-electron chi connectivity index (χ1n) is 7.00. The third kappa shape index (κ3) is 3.33. The second-order valence-corrected chi connectivity index (χ2v) is 5.39. The molecule has 0 amide bonds. The topological polar surface area (TPSA) is 39.1 Å². The summed E-state index contributed by atoms with van der Waals surface area (Å²) in [6.07, 6.45) is 8.55. The van der Waals surface area contributed by atoms with E-state index in [9.17, 15) is 0 Å². The van der Waals surface area contributed by atoms with E-state index in [0.29, 0.717) is 5.41 Å². The van der Waals surface area contributed by atoms with E-state index in [-0.39, 0.29) is 0 Å². The van der Waals surface area contributed by atoms with E-state index in [1.54, 1.807) is 0 Å². The van der Waals surface area contributed by atoms with Gasteiger partial charge in [-0.2, -0.15) is 0 Å². The van der Waals surface area contributed by atoms with Crippen LogP contribution in [0.3, 0.4) is 0 Å². The fourth-order valence-corrected chi connectivity index (χ4v) is 2.74. The van der Waals surface area contributed by atoms with Crippen LogP contribution < -0.4 is 5.32 Å². The van der Waals surface area contributed by atoms with Crippen LogP contribution in [-0.4, -0.2) is 35.9 Å². The van der Waals surface area contributed by atoms with Crippen molar-refractivity contribution in [1.82, 2.24) is 14.9 Å². The van der Waals surface area contributed by atoms with E-state index in [1.807, 2.05) is 12.4 Å². The minimum atomic E-state index is 0.306. The maximum absolute atomic E-state index is 5.72. The molecule has 4 heteroatoms. The van der Waals surface area contributed by atoms with Gasteiger partial charge in [-0.15, -0.1) is 0 Å². The number of nitrogens with zero attached hydrogens (tertiary/aromatic N) is 2. The molecule has 1 unspecified atom stereocenters. The van der Waals surface area contributed by atoms with Gasteiger partial charge in [0.2, 0.25) is 0 Å². The normalized spacial score (nSPS) is 24.3. The van der Waals surface area contributed by atoms with Crippen LogP contribution >= 0.6 is 0 Å². The fraction of sp³-hybridized carbons (Fsp3) is 0.786. The highest BCUT2D eigenvalue weighted by molar-refractivity contribution is 4.94. The van der Waals surface area contributed by atoms with Gasteiger partial charge in [0, 0.05) is 44.4 Å². The Morgan fingerprint density at radius 3 is 3.06 bits per heavy atom. The molecule has 2 heterocycles. The third-order valence-electron chi connectivity index (χ3n) is 3.95. The lowest BCUT2D eigenvalue weighted by molar-refractivity contribution is -0.0119. The molecule has 102 valence electrons. The van der Waals surface area contributed by atoms with Gasteiger partial charge in [-0.3, -0.25) is 0 Å². The summed E-state index contributed by atoms with van der Waals surface area (Å²) < 4.78 is 7.83. The predicted molar refractivity (Wildman–Crippen MR) is 72.6 cm³/mol. The van der Waals surface area contributed by atoms with Gasteiger partial charge >= 0.3 is 0 Å². The Kier molecular flexibility index (Phi) is 4.78. The van der Waals surface area contributed by atoms with Gasteiger partial charge in [0.15, 0.2) is 0 Å². The fourth-order valence-electron chi connectivity index (χ4n) is 2.74. The first-order chi connectivity index (χ1) is 8.76. The Morgan fingerprint density at radius 2 is 2.44 bits per heavy atom. The number of ether oxygens (including phenoxy) is 1. The summed E-state index contributed by atoms with van der Waals surface area (Å²) in [5.74, 6) is 1.18. The molecule has 1 saturated heterocycles. The number of imidazole rings is 1. The van der Waals surface area contributed by atoms with Crippen LogP contribution in [0.2, 0.25) is 0 Å². The molecule has 0 radical (unpaired) electrons. The summed E-state index contributed by atoms with van der Waals surface area (Å²) in [5.41, 5.74) is 0.306. The van der Waals surface area contributed by atoms with Crippen molar-refractivity contribution in [2.75, 3.05) is 26.3 Å². The molecule has 1 aliphatic rings. The Labute approximate surface area is 110 Å². The molecule has 1 aliphatic heterocycles. The molecule has 18 heavy (non-hydrogen) atoms. The second kappa shape index (κ2) is 6.34. The average Bonchev–Trinajstić information content (AvgIpc) is 2.81. The molecule has 2 rings (SSSR count).